The molecule has 4 rings (SSSR count). The lowest BCUT2D eigenvalue weighted by atomic mass is 9.82. The molecule has 0 aliphatic carbocycles. The number of benzene rings is 1. The molecule has 6 nitrogen and oxygen atoms in total. The Morgan fingerprint density at radius 3 is 2.79 bits per heavy atom. The lowest BCUT2D eigenvalue weighted by Gasteiger charge is -2.47. The van der Waals surface area contributed by atoms with E-state index in [1.54, 1.807) is 7.11 Å². The predicted octanol–water partition coefficient (Wildman–Crippen LogP) is 2.32. The van der Waals surface area contributed by atoms with Crippen molar-refractivity contribution in [1.29, 1.82) is 0 Å². The third-order valence-electron chi connectivity index (χ3n) is 5.67. The van der Waals surface area contributed by atoms with Crippen LogP contribution in [0, 0.1) is 0 Å². The van der Waals surface area contributed by atoms with E-state index in [0.29, 0.717) is 23.5 Å². The van der Waals surface area contributed by atoms with Gasteiger partial charge in [-0.3, -0.25) is 9.89 Å². The van der Waals surface area contributed by atoms with Crippen LogP contribution in [0.4, 0.5) is 0 Å². The number of piperidine rings is 2. The first kappa shape index (κ1) is 15.4. The summed E-state index contributed by atoms with van der Waals surface area (Å²) in [5.74, 6) is 0.606. The molecule has 1 amide bonds. The molecule has 2 aromatic rings. The Hall–Kier alpha value is -2.08. The van der Waals surface area contributed by atoms with Crippen molar-refractivity contribution in [3.8, 4) is 5.75 Å². The van der Waals surface area contributed by atoms with Crippen molar-refractivity contribution >= 4 is 16.8 Å². The summed E-state index contributed by atoms with van der Waals surface area (Å²) >= 11 is 0. The Morgan fingerprint density at radius 1 is 1.33 bits per heavy atom. The van der Waals surface area contributed by atoms with Gasteiger partial charge in [-0.2, -0.15) is 5.10 Å². The minimum Gasteiger partial charge on any atom is -0.494 e. The van der Waals surface area contributed by atoms with Crippen molar-refractivity contribution in [3.05, 3.63) is 23.9 Å². The lowest BCUT2D eigenvalue weighted by molar-refractivity contribution is 0.0462. The molecule has 0 saturated carbocycles. The summed E-state index contributed by atoms with van der Waals surface area (Å²) in [6.07, 6.45) is 5.85. The molecule has 2 atom stereocenters. The Kier molecular flexibility index (Phi) is 3.92. The standard InChI is InChI=1S/C18H24N4O2/c1-22-12-5-3-6-13(22)10-11(9-12)19-18(23)17-14-7-4-8-15(24-2)16(14)20-21-17/h4,7-8,11-13H,3,5-6,9-10H2,1-2H3,(H,19,23)(H,20,21). The largest absolute Gasteiger partial charge is 0.494 e. The number of methoxy groups -OCH3 is 1. The summed E-state index contributed by atoms with van der Waals surface area (Å²) in [6.45, 7) is 0. The number of hydrogen-bond donors (Lipinski definition) is 2. The topological polar surface area (TPSA) is 70.2 Å². The van der Waals surface area contributed by atoms with Crippen LogP contribution in [0.1, 0.15) is 42.6 Å². The van der Waals surface area contributed by atoms with Crippen LogP contribution >= 0.6 is 0 Å². The molecule has 128 valence electrons. The van der Waals surface area contributed by atoms with E-state index in [9.17, 15) is 4.79 Å². The van der Waals surface area contributed by atoms with Gasteiger partial charge in [-0.15, -0.1) is 0 Å². The monoisotopic (exact) mass is 328 g/mol. The number of fused-ring (bicyclic) bond motifs is 3. The maximum absolute atomic E-state index is 12.7. The quantitative estimate of drug-likeness (QED) is 0.907. The first-order valence-corrected chi connectivity index (χ1v) is 8.71. The number of nitrogens with zero attached hydrogens (tertiary/aromatic N) is 2. The summed E-state index contributed by atoms with van der Waals surface area (Å²) in [5.41, 5.74) is 1.22. The van der Waals surface area contributed by atoms with E-state index in [2.05, 4.69) is 27.5 Å². The van der Waals surface area contributed by atoms with Crippen molar-refractivity contribution < 1.29 is 9.53 Å². The molecular formula is C18H24N4O2. The van der Waals surface area contributed by atoms with Crippen LogP contribution in [0.5, 0.6) is 5.75 Å². The van der Waals surface area contributed by atoms with Gasteiger partial charge in [0.1, 0.15) is 11.3 Å². The van der Waals surface area contributed by atoms with Gasteiger partial charge in [0.05, 0.1) is 7.11 Å². The Labute approximate surface area is 141 Å². The first-order chi connectivity index (χ1) is 11.7. The van der Waals surface area contributed by atoms with Crippen molar-refractivity contribution in [1.82, 2.24) is 20.4 Å². The zero-order chi connectivity index (χ0) is 16.7. The lowest BCUT2D eigenvalue weighted by Crippen LogP contribution is -2.55. The van der Waals surface area contributed by atoms with Crippen molar-refractivity contribution in [2.24, 2.45) is 0 Å². The van der Waals surface area contributed by atoms with Gasteiger partial charge in [0.25, 0.3) is 5.91 Å². The highest BCUT2D eigenvalue weighted by Gasteiger charge is 2.36. The number of amides is 1. The highest BCUT2D eigenvalue weighted by molar-refractivity contribution is 6.06. The van der Waals surface area contributed by atoms with Gasteiger partial charge in [-0.1, -0.05) is 18.6 Å². The molecule has 6 heteroatoms. The maximum atomic E-state index is 12.7. The number of hydrogen-bond acceptors (Lipinski definition) is 4. The van der Waals surface area contributed by atoms with Gasteiger partial charge >= 0.3 is 0 Å². The zero-order valence-electron chi connectivity index (χ0n) is 14.2. The van der Waals surface area contributed by atoms with Gasteiger partial charge in [0.2, 0.25) is 0 Å². The van der Waals surface area contributed by atoms with Crippen molar-refractivity contribution in [2.75, 3.05) is 14.2 Å². The molecule has 2 aliphatic rings. The minimum absolute atomic E-state index is 0.0953. The molecule has 24 heavy (non-hydrogen) atoms. The number of aromatic amines is 1. The second kappa shape index (κ2) is 6.09. The normalized spacial score (nSPS) is 27.2. The third-order valence-corrected chi connectivity index (χ3v) is 5.67. The number of para-hydroxylation sites is 1. The van der Waals surface area contributed by atoms with E-state index in [0.717, 1.165) is 23.7 Å². The number of carbonyl (C=O) groups excluding carboxylic acids is 1. The molecule has 3 heterocycles. The van der Waals surface area contributed by atoms with Gasteiger partial charge in [0.15, 0.2) is 5.69 Å². The average molecular weight is 328 g/mol. The number of nitrogens with one attached hydrogen (secondary N) is 2. The van der Waals surface area contributed by atoms with Crippen LogP contribution in [0.15, 0.2) is 18.2 Å². The number of rotatable bonds is 3. The van der Waals surface area contributed by atoms with Crippen LogP contribution in [0.3, 0.4) is 0 Å². The van der Waals surface area contributed by atoms with Gasteiger partial charge in [0, 0.05) is 23.5 Å². The van der Waals surface area contributed by atoms with E-state index >= 15 is 0 Å². The van der Waals surface area contributed by atoms with Crippen LogP contribution in [0.25, 0.3) is 10.9 Å². The maximum Gasteiger partial charge on any atom is 0.272 e. The molecule has 1 aromatic carbocycles. The fraction of sp³-hybridized carbons (Fsp3) is 0.556. The molecular weight excluding hydrogens is 304 g/mol. The Bertz CT molecular complexity index is 743. The summed E-state index contributed by atoms with van der Waals surface area (Å²) in [5, 5.41) is 11.2. The first-order valence-electron chi connectivity index (χ1n) is 8.71. The molecule has 1 aromatic heterocycles. The van der Waals surface area contributed by atoms with Gasteiger partial charge in [-0.25, -0.2) is 0 Å². The van der Waals surface area contributed by atoms with Gasteiger partial charge in [-0.05, 0) is 38.8 Å². The van der Waals surface area contributed by atoms with E-state index in [-0.39, 0.29) is 11.9 Å². The fourth-order valence-electron chi connectivity index (χ4n) is 4.35. The summed E-state index contributed by atoms with van der Waals surface area (Å²) in [6, 6.07) is 7.08. The molecule has 2 unspecified atom stereocenters. The number of ether oxygens (including phenoxy) is 1. The second-order valence-electron chi connectivity index (χ2n) is 7.00. The van der Waals surface area contributed by atoms with E-state index in [1.165, 1.54) is 19.3 Å². The van der Waals surface area contributed by atoms with E-state index < -0.39 is 0 Å². The SMILES string of the molecule is COc1cccc2c(C(=O)NC3CC4CCCC(C3)N4C)n[nH]c12. The smallest absolute Gasteiger partial charge is 0.272 e. The second-order valence-corrected chi connectivity index (χ2v) is 7.00. The number of H-pyrrole nitrogens is 1. The van der Waals surface area contributed by atoms with Crippen molar-refractivity contribution in [2.45, 2.75) is 50.2 Å². The van der Waals surface area contributed by atoms with Crippen molar-refractivity contribution in [3.63, 3.8) is 0 Å². The summed E-state index contributed by atoms with van der Waals surface area (Å²) in [7, 11) is 3.84. The fourth-order valence-corrected chi connectivity index (χ4v) is 4.35. The summed E-state index contributed by atoms with van der Waals surface area (Å²) in [4.78, 5) is 15.2. The molecule has 0 radical (unpaired) electrons. The van der Waals surface area contributed by atoms with E-state index in [4.69, 9.17) is 4.74 Å². The number of carbonyl (C=O) groups is 1. The molecule has 2 N–H and O–H groups in total. The third kappa shape index (κ3) is 2.55. The highest BCUT2D eigenvalue weighted by Crippen LogP contribution is 2.33. The van der Waals surface area contributed by atoms with Gasteiger partial charge < -0.3 is 15.0 Å². The predicted molar refractivity (Wildman–Crippen MR) is 92.3 cm³/mol. The molecule has 2 bridgehead atoms. The Balaban J connectivity index is 1.53. The van der Waals surface area contributed by atoms with Crippen LogP contribution in [0.2, 0.25) is 0 Å². The number of aromatic nitrogens is 2. The van der Waals surface area contributed by atoms with Crippen LogP contribution < -0.4 is 10.1 Å². The van der Waals surface area contributed by atoms with Crippen LogP contribution in [-0.2, 0) is 0 Å². The van der Waals surface area contributed by atoms with E-state index in [1.807, 2.05) is 18.2 Å². The molecule has 2 fully saturated rings. The zero-order valence-corrected chi connectivity index (χ0v) is 14.2. The minimum atomic E-state index is -0.0953. The molecule has 2 aliphatic heterocycles. The molecule has 0 spiro atoms. The highest BCUT2D eigenvalue weighted by atomic mass is 16.5. The average Bonchev–Trinajstić information content (AvgIpc) is 3.00. The summed E-state index contributed by atoms with van der Waals surface area (Å²) < 4.78 is 5.32. The Morgan fingerprint density at radius 2 is 2.08 bits per heavy atom. The molecule has 2 saturated heterocycles. The van der Waals surface area contributed by atoms with Crippen LogP contribution in [-0.4, -0.2) is 53.3 Å².